The molecule has 1 aromatic carbocycles. The lowest BCUT2D eigenvalue weighted by molar-refractivity contribution is -0.139. The SMILES string of the molecule is COC(=O)Cc1[nH]nc2c(F)c(F)ccc12. The maximum absolute atomic E-state index is 13.3. The maximum atomic E-state index is 13.3. The molecule has 1 heterocycles. The van der Waals surface area contributed by atoms with Gasteiger partial charge in [-0.15, -0.1) is 0 Å². The summed E-state index contributed by atoms with van der Waals surface area (Å²) in [6, 6.07) is 2.36. The Labute approximate surface area is 89.2 Å². The molecule has 4 nitrogen and oxygen atoms in total. The molecule has 0 fully saturated rings. The molecule has 0 aliphatic rings. The molecule has 0 spiro atoms. The molecular weight excluding hydrogens is 218 g/mol. The number of hydrogen-bond acceptors (Lipinski definition) is 3. The lowest BCUT2D eigenvalue weighted by atomic mass is 10.1. The number of benzene rings is 1. The first-order valence-electron chi connectivity index (χ1n) is 4.51. The second-order valence-electron chi connectivity index (χ2n) is 3.21. The van der Waals surface area contributed by atoms with Gasteiger partial charge in [-0.25, -0.2) is 8.78 Å². The van der Waals surface area contributed by atoms with Gasteiger partial charge in [-0.3, -0.25) is 9.89 Å². The zero-order valence-corrected chi connectivity index (χ0v) is 8.38. The van der Waals surface area contributed by atoms with Crippen LogP contribution in [0.1, 0.15) is 5.69 Å². The molecule has 0 aliphatic carbocycles. The van der Waals surface area contributed by atoms with Crippen molar-refractivity contribution in [2.75, 3.05) is 7.11 Å². The molecule has 0 saturated heterocycles. The Bertz CT molecular complexity index is 551. The highest BCUT2D eigenvalue weighted by molar-refractivity contribution is 5.85. The van der Waals surface area contributed by atoms with Crippen molar-refractivity contribution >= 4 is 16.9 Å². The second kappa shape index (κ2) is 3.88. The van der Waals surface area contributed by atoms with E-state index in [-0.39, 0.29) is 11.9 Å². The van der Waals surface area contributed by atoms with Gasteiger partial charge < -0.3 is 4.74 Å². The number of halogens is 2. The van der Waals surface area contributed by atoms with Crippen molar-refractivity contribution in [3.8, 4) is 0 Å². The molecule has 0 radical (unpaired) electrons. The Morgan fingerprint density at radius 2 is 2.25 bits per heavy atom. The number of rotatable bonds is 2. The quantitative estimate of drug-likeness (QED) is 0.790. The highest BCUT2D eigenvalue weighted by atomic mass is 19.2. The van der Waals surface area contributed by atoms with Gasteiger partial charge >= 0.3 is 5.97 Å². The molecule has 1 aromatic heterocycles. The third-order valence-corrected chi connectivity index (χ3v) is 2.25. The van der Waals surface area contributed by atoms with Crippen molar-refractivity contribution in [1.82, 2.24) is 10.2 Å². The van der Waals surface area contributed by atoms with Gasteiger partial charge in [-0.2, -0.15) is 5.10 Å². The van der Waals surface area contributed by atoms with E-state index in [0.717, 1.165) is 6.07 Å². The van der Waals surface area contributed by atoms with Crippen LogP contribution in [0, 0.1) is 11.6 Å². The van der Waals surface area contributed by atoms with E-state index < -0.39 is 17.6 Å². The molecule has 0 unspecified atom stereocenters. The number of carbonyl (C=O) groups excluding carboxylic acids is 1. The van der Waals surface area contributed by atoms with E-state index >= 15 is 0 Å². The summed E-state index contributed by atoms with van der Waals surface area (Å²) in [5, 5.41) is 6.49. The standard InChI is InChI=1S/C10H8F2N2O2/c1-16-8(15)4-7-5-2-3-6(11)9(12)10(5)14-13-7/h2-3H,4H2,1H3,(H,13,14). The maximum Gasteiger partial charge on any atom is 0.311 e. The fraction of sp³-hybridized carbons (Fsp3) is 0.200. The summed E-state index contributed by atoms with van der Waals surface area (Å²) in [6.07, 6.45) is -0.0575. The molecule has 2 aromatic rings. The number of esters is 1. The molecule has 6 heteroatoms. The van der Waals surface area contributed by atoms with E-state index in [0.29, 0.717) is 11.1 Å². The molecule has 2 rings (SSSR count). The predicted molar refractivity (Wildman–Crippen MR) is 51.7 cm³/mol. The van der Waals surface area contributed by atoms with Crippen LogP contribution in [-0.2, 0) is 16.0 Å². The Kier molecular flexibility index (Phi) is 2.55. The Balaban J connectivity index is 2.50. The number of nitrogens with zero attached hydrogens (tertiary/aromatic N) is 1. The second-order valence-corrected chi connectivity index (χ2v) is 3.21. The molecule has 0 aliphatic heterocycles. The van der Waals surface area contributed by atoms with Crippen LogP contribution in [0.2, 0.25) is 0 Å². The minimum atomic E-state index is -1.02. The van der Waals surface area contributed by atoms with Crippen molar-refractivity contribution in [3.63, 3.8) is 0 Å². The summed E-state index contributed by atoms with van der Waals surface area (Å²) in [7, 11) is 1.25. The number of H-pyrrole nitrogens is 1. The number of carbonyl (C=O) groups is 1. The monoisotopic (exact) mass is 226 g/mol. The molecule has 0 atom stereocenters. The van der Waals surface area contributed by atoms with Crippen molar-refractivity contribution in [1.29, 1.82) is 0 Å². The number of ether oxygens (including phenoxy) is 1. The van der Waals surface area contributed by atoms with Crippen LogP contribution in [0.25, 0.3) is 10.9 Å². The topological polar surface area (TPSA) is 55.0 Å². The predicted octanol–water partition coefficient (Wildman–Crippen LogP) is 1.56. The van der Waals surface area contributed by atoms with Gasteiger partial charge in [-0.1, -0.05) is 0 Å². The summed E-state index contributed by atoms with van der Waals surface area (Å²) in [6.45, 7) is 0. The summed E-state index contributed by atoms with van der Waals surface area (Å²) < 4.78 is 30.6. The zero-order chi connectivity index (χ0) is 11.7. The number of nitrogens with one attached hydrogen (secondary N) is 1. The van der Waals surface area contributed by atoms with Gasteiger partial charge in [0.15, 0.2) is 11.6 Å². The van der Waals surface area contributed by atoms with Gasteiger partial charge in [0.1, 0.15) is 5.52 Å². The van der Waals surface area contributed by atoms with Crippen LogP contribution in [0.4, 0.5) is 8.78 Å². The minimum absolute atomic E-state index is 0.0575. The van der Waals surface area contributed by atoms with Crippen molar-refractivity contribution in [2.24, 2.45) is 0 Å². The number of methoxy groups -OCH3 is 1. The van der Waals surface area contributed by atoms with Crippen LogP contribution >= 0.6 is 0 Å². The molecule has 0 saturated carbocycles. The first-order chi connectivity index (χ1) is 7.63. The van der Waals surface area contributed by atoms with Crippen LogP contribution < -0.4 is 0 Å². The molecule has 84 valence electrons. The van der Waals surface area contributed by atoms with E-state index in [1.54, 1.807) is 0 Å². The summed E-state index contributed by atoms with van der Waals surface area (Å²) >= 11 is 0. The third-order valence-electron chi connectivity index (χ3n) is 2.25. The lowest BCUT2D eigenvalue weighted by Gasteiger charge is -1.97. The largest absolute Gasteiger partial charge is 0.469 e. The van der Waals surface area contributed by atoms with E-state index in [9.17, 15) is 13.6 Å². The first-order valence-corrected chi connectivity index (χ1v) is 4.51. The van der Waals surface area contributed by atoms with E-state index in [1.807, 2.05) is 0 Å². The van der Waals surface area contributed by atoms with Crippen LogP contribution in [-0.4, -0.2) is 23.3 Å². The first kappa shape index (κ1) is 10.5. The summed E-state index contributed by atoms with van der Waals surface area (Å²) in [5.41, 5.74) is 0.291. The van der Waals surface area contributed by atoms with Crippen LogP contribution in [0.3, 0.4) is 0 Å². The molecule has 1 N–H and O–H groups in total. The Morgan fingerprint density at radius 3 is 2.94 bits per heavy atom. The number of hydrogen-bond donors (Lipinski definition) is 1. The summed E-state index contributed by atoms with van der Waals surface area (Å²) in [4.78, 5) is 11.0. The molecule has 16 heavy (non-hydrogen) atoms. The minimum Gasteiger partial charge on any atom is -0.469 e. The lowest BCUT2D eigenvalue weighted by Crippen LogP contribution is -2.04. The van der Waals surface area contributed by atoms with Gasteiger partial charge in [0.2, 0.25) is 0 Å². The average Bonchev–Trinajstić information content (AvgIpc) is 2.67. The van der Waals surface area contributed by atoms with Gasteiger partial charge in [0, 0.05) is 5.39 Å². The number of aromatic amines is 1. The molecule has 0 amide bonds. The van der Waals surface area contributed by atoms with Crippen molar-refractivity contribution in [2.45, 2.75) is 6.42 Å². The Hall–Kier alpha value is -1.98. The average molecular weight is 226 g/mol. The summed E-state index contributed by atoms with van der Waals surface area (Å²) in [5.74, 6) is -2.47. The van der Waals surface area contributed by atoms with Gasteiger partial charge in [0.25, 0.3) is 0 Å². The number of aromatic nitrogens is 2. The molecule has 0 bridgehead atoms. The van der Waals surface area contributed by atoms with Crippen molar-refractivity contribution in [3.05, 3.63) is 29.5 Å². The zero-order valence-electron chi connectivity index (χ0n) is 8.38. The van der Waals surface area contributed by atoms with Gasteiger partial charge in [-0.05, 0) is 12.1 Å². The Morgan fingerprint density at radius 1 is 1.50 bits per heavy atom. The fourth-order valence-electron chi connectivity index (χ4n) is 1.43. The van der Waals surface area contributed by atoms with E-state index in [2.05, 4.69) is 14.9 Å². The van der Waals surface area contributed by atoms with Crippen LogP contribution in [0.15, 0.2) is 12.1 Å². The van der Waals surface area contributed by atoms with Gasteiger partial charge in [0.05, 0.1) is 19.2 Å². The van der Waals surface area contributed by atoms with E-state index in [4.69, 9.17) is 0 Å². The normalized spacial score (nSPS) is 10.7. The van der Waals surface area contributed by atoms with E-state index in [1.165, 1.54) is 13.2 Å². The highest BCUT2D eigenvalue weighted by Gasteiger charge is 2.15. The fourth-order valence-corrected chi connectivity index (χ4v) is 1.43. The third kappa shape index (κ3) is 1.62. The van der Waals surface area contributed by atoms with Crippen molar-refractivity contribution < 1.29 is 18.3 Å². The highest BCUT2D eigenvalue weighted by Crippen LogP contribution is 2.21. The van der Waals surface area contributed by atoms with Crippen LogP contribution in [0.5, 0.6) is 0 Å². The smallest absolute Gasteiger partial charge is 0.311 e. The number of fused-ring (bicyclic) bond motifs is 1. The molecular formula is C10H8F2N2O2.